The number of hydrogen-bond acceptors (Lipinski definition) is 4. The third kappa shape index (κ3) is 3.23. The number of rotatable bonds is 3. The predicted molar refractivity (Wildman–Crippen MR) is 82.5 cm³/mol. The molecule has 0 aliphatic carbocycles. The number of furan rings is 1. The Kier molecular flexibility index (Phi) is 4.47. The van der Waals surface area contributed by atoms with Crippen molar-refractivity contribution in [2.45, 2.75) is 18.9 Å². The summed E-state index contributed by atoms with van der Waals surface area (Å²) >= 11 is 0. The molecule has 3 rings (SSSR count). The quantitative estimate of drug-likeness (QED) is 0.939. The van der Waals surface area contributed by atoms with Crippen molar-refractivity contribution in [2.24, 2.45) is 0 Å². The number of halogens is 2. The maximum absolute atomic E-state index is 14.1. The van der Waals surface area contributed by atoms with E-state index in [4.69, 9.17) is 9.68 Å². The highest BCUT2D eigenvalue weighted by molar-refractivity contribution is 5.93. The Morgan fingerprint density at radius 1 is 1.29 bits per heavy atom. The van der Waals surface area contributed by atoms with Gasteiger partial charge in [-0.25, -0.2) is 8.78 Å². The van der Waals surface area contributed by atoms with Crippen LogP contribution in [0.3, 0.4) is 0 Å². The number of hydrogen-bond donors (Lipinski definition) is 1. The van der Waals surface area contributed by atoms with Crippen LogP contribution in [-0.4, -0.2) is 25.0 Å². The lowest BCUT2D eigenvalue weighted by atomic mass is 10.0. The Morgan fingerprint density at radius 3 is 2.50 bits per heavy atom. The molecular formula is C17H15F2N3O2. The van der Waals surface area contributed by atoms with E-state index in [1.54, 1.807) is 17.0 Å². The molecule has 1 aliphatic heterocycles. The van der Waals surface area contributed by atoms with Crippen molar-refractivity contribution in [3.05, 3.63) is 53.5 Å². The van der Waals surface area contributed by atoms with Gasteiger partial charge in [0.05, 0.1) is 23.5 Å². The minimum absolute atomic E-state index is 0.0454. The van der Waals surface area contributed by atoms with Crippen molar-refractivity contribution in [1.82, 2.24) is 5.32 Å². The maximum Gasteiger partial charge on any atom is 0.254 e. The van der Waals surface area contributed by atoms with Crippen molar-refractivity contribution in [3.8, 4) is 6.07 Å². The Bertz CT molecular complexity index is 753. The molecule has 1 amide bonds. The van der Waals surface area contributed by atoms with Crippen LogP contribution < -0.4 is 10.2 Å². The normalized spacial score (nSPS) is 15.1. The number of amides is 1. The molecule has 0 spiro atoms. The zero-order valence-corrected chi connectivity index (χ0v) is 12.8. The highest BCUT2D eigenvalue weighted by atomic mass is 19.1. The van der Waals surface area contributed by atoms with Crippen LogP contribution in [0.15, 0.2) is 35.1 Å². The fraction of sp³-hybridized carbons (Fsp3) is 0.294. The number of carbonyl (C=O) groups excluding carboxylic acids is 1. The minimum Gasteiger partial charge on any atom is -0.472 e. The summed E-state index contributed by atoms with van der Waals surface area (Å²) in [5.74, 6) is -1.71. The van der Waals surface area contributed by atoms with E-state index < -0.39 is 11.6 Å². The first-order valence-electron chi connectivity index (χ1n) is 7.55. The van der Waals surface area contributed by atoms with Crippen LogP contribution in [-0.2, 0) is 0 Å². The first-order valence-corrected chi connectivity index (χ1v) is 7.55. The van der Waals surface area contributed by atoms with E-state index in [0.717, 1.165) is 12.1 Å². The summed E-state index contributed by atoms with van der Waals surface area (Å²) in [4.78, 5) is 13.6. The van der Waals surface area contributed by atoms with Gasteiger partial charge in [0.1, 0.15) is 12.0 Å². The average Bonchev–Trinajstić information content (AvgIpc) is 3.10. The molecule has 0 bridgehead atoms. The molecule has 2 aromatic rings. The number of piperidine rings is 1. The van der Waals surface area contributed by atoms with Gasteiger partial charge >= 0.3 is 0 Å². The van der Waals surface area contributed by atoms with Crippen LogP contribution in [0.5, 0.6) is 0 Å². The fourth-order valence-corrected chi connectivity index (χ4v) is 2.84. The molecule has 1 fully saturated rings. The lowest BCUT2D eigenvalue weighted by Crippen LogP contribution is -2.45. The molecule has 0 atom stereocenters. The molecule has 1 aliphatic rings. The van der Waals surface area contributed by atoms with Gasteiger partial charge in [0.25, 0.3) is 5.91 Å². The van der Waals surface area contributed by atoms with Crippen molar-refractivity contribution < 1.29 is 18.0 Å². The van der Waals surface area contributed by atoms with Crippen LogP contribution >= 0.6 is 0 Å². The number of nitrogens with zero attached hydrogens (tertiary/aromatic N) is 2. The number of nitrogens with one attached hydrogen (secondary N) is 1. The zero-order chi connectivity index (χ0) is 17.1. The van der Waals surface area contributed by atoms with Gasteiger partial charge in [0, 0.05) is 19.1 Å². The van der Waals surface area contributed by atoms with E-state index in [1.165, 1.54) is 12.5 Å². The largest absolute Gasteiger partial charge is 0.472 e. The molecule has 1 aromatic carbocycles. The Balaban J connectivity index is 1.63. The van der Waals surface area contributed by atoms with Crippen molar-refractivity contribution in [3.63, 3.8) is 0 Å². The van der Waals surface area contributed by atoms with E-state index in [1.807, 2.05) is 0 Å². The summed E-state index contributed by atoms with van der Waals surface area (Å²) in [6.45, 7) is 0.826. The van der Waals surface area contributed by atoms with Crippen LogP contribution in [0.1, 0.15) is 28.8 Å². The summed E-state index contributed by atoms with van der Waals surface area (Å²) in [5, 5.41) is 11.6. The fourth-order valence-electron chi connectivity index (χ4n) is 2.84. The average molecular weight is 331 g/mol. The second-order valence-corrected chi connectivity index (χ2v) is 5.65. The zero-order valence-electron chi connectivity index (χ0n) is 12.8. The van der Waals surface area contributed by atoms with Crippen molar-refractivity contribution >= 4 is 11.6 Å². The Hall–Kier alpha value is -2.88. The highest BCUT2D eigenvalue weighted by Gasteiger charge is 2.25. The van der Waals surface area contributed by atoms with E-state index in [-0.39, 0.29) is 23.2 Å². The molecular weight excluding hydrogens is 316 g/mol. The molecule has 7 heteroatoms. The molecule has 0 radical (unpaired) electrons. The van der Waals surface area contributed by atoms with Gasteiger partial charge in [-0.1, -0.05) is 0 Å². The first-order chi connectivity index (χ1) is 11.6. The molecule has 1 aromatic heterocycles. The van der Waals surface area contributed by atoms with Crippen LogP contribution in [0.4, 0.5) is 14.5 Å². The highest BCUT2D eigenvalue weighted by Crippen LogP contribution is 2.27. The summed E-state index contributed by atoms with van der Waals surface area (Å²) in [5.41, 5.74) is 0.284. The van der Waals surface area contributed by atoms with Gasteiger partial charge in [0.15, 0.2) is 11.6 Å². The van der Waals surface area contributed by atoms with E-state index in [0.29, 0.717) is 31.5 Å². The number of anilines is 1. The number of benzene rings is 1. The van der Waals surface area contributed by atoms with E-state index in [9.17, 15) is 13.6 Å². The van der Waals surface area contributed by atoms with Gasteiger partial charge in [-0.3, -0.25) is 4.79 Å². The molecule has 5 nitrogen and oxygen atoms in total. The second-order valence-electron chi connectivity index (χ2n) is 5.65. The van der Waals surface area contributed by atoms with Gasteiger partial charge in [-0.2, -0.15) is 5.26 Å². The Labute approximate surface area is 137 Å². The van der Waals surface area contributed by atoms with Gasteiger partial charge in [0.2, 0.25) is 0 Å². The maximum atomic E-state index is 14.1. The second kappa shape index (κ2) is 6.71. The molecule has 0 saturated carbocycles. The van der Waals surface area contributed by atoms with Crippen LogP contribution in [0, 0.1) is 23.0 Å². The van der Waals surface area contributed by atoms with Gasteiger partial charge in [-0.15, -0.1) is 0 Å². The summed E-state index contributed by atoms with van der Waals surface area (Å²) in [7, 11) is 0. The third-order valence-electron chi connectivity index (χ3n) is 4.08. The standard InChI is InChI=1S/C17H15F2N3O2/c18-14-7-11(9-20)8-15(19)16(14)22-4-1-13(2-5-22)21-17(23)12-3-6-24-10-12/h3,6-8,10,13H,1-2,4-5H2,(H,21,23). The molecule has 2 heterocycles. The third-order valence-corrected chi connectivity index (χ3v) is 4.08. The lowest BCUT2D eigenvalue weighted by molar-refractivity contribution is 0.0930. The first kappa shape index (κ1) is 16.0. The monoisotopic (exact) mass is 331 g/mol. The lowest BCUT2D eigenvalue weighted by Gasteiger charge is -2.34. The molecule has 124 valence electrons. The van der Waals surface area contributed by atoms with Crippen LogP contribution in [0.2, 0.25) is 0 Å². The van der Waals surface area contributed by atoms with Crippen molar-refractivity contribution in [2.75, 3.05) is 18.0 Å². The van der Waals surface area contributed by atoms with Crippen molar-refractivity contribution in [1.29, 1.82) is 5.26 Å². The predicted octanol–water partition coefficient (Wildman–Crippen LogP) is 2.83. The smallest absolute Gasteiger partial charge is 0.254 e. The molecule has 24 heavy (non-hydrogen) atoms. The molecule has 1 saturated heterocycles. The Morgan fingerprint density at radius 2 is 1.96 bits per heavy atom. The number of nitriles is 1. The topological polar surface area (TPSA) is 69.3 Å². The summed E-state index contributed by atoms with van der Waals surface area (Å²) < 4.78 is 33.0. The number of carbonyl (C=O) groups is 1. The minimum atomic E-state index is -0.743. The van der Waals surface area contributed by atoms with Gasteiger partial charge in [-0.05, 0) is 31.0 Å². The van der Waals surface area contributed by atoms with Gasteiger partial charge < -0.3 is 14.6 Å². The summed E-state index contributed by atoms with van der Waals surface area (Å²) in [6, 6.07) is 5.31. The molecule has 1 N–H and O–H groups in total. The summed E-state index contributed by atoms with van der Waals surface area (Å²) in [6.07, 6.45) is 3.94. The van der Waals surface area contributed by atoms with E-state index >= 15 is 0 Å². The van der Waals surface area contributed by atoms with Crippen LogP contribution in [0.25, 0.3) is 0 Å². The SMILES string of the molecule is N#Cc1cc(F)c(N2CCC(NC(=O)c3ccoc3)CC2)c(F)c1. The van der Waals surface area contributed by atoms with E-state index in [2.05, 4.69) is 5.32 Å². The molecule has 0 unspecified atom stereocenters.